The molecule has 1 unspecified atom stereocenters. The van der Waals surface area contributed by atoms with Crippen LogP contribution in [0.2, 0.25) is 0 Å². The van der Waals surface area contributed by atoms with Gasteiger partial charge in [-0.05, 0) is 51.3 Å². The van der Waals surface area contributed by atoms with E-state index in [-0.39, 0.29) is 12.0 Å². The summed E-state index contributed by atoms with van der Waals surface area (Å²) in [4.78, 5) is 12.2. The number of anilines is 1. The van der Waals surface area contributed by atoms with Gasteiger partial charge in [-0.2, -0.15) is 0 Å². The van der Waals surface area contributed by atoms with E-state index in [0.717, 1.165) is 12.0 Å². The number of carbonyl (C=O) groups excluding carboxylic acids is 1. The van der Waals surface area contributed by atoms with Crippen molar-refractivity contribution in [2.45, 2.75) is 45.1 Å². The third-order valence-corrected chi connectivity index (χ3v) is 3.28. The Balaban J connectivity index is 2.56. The third kappa shape index (κ3) is 4.56. The minimum Gasteiger partial charge on any atom is -0.399 e. The van der Waals surface area contributed by atoms with Crippen molar-refractivity contribution in [1.29, 1.82) is 0 Å². The number of hydrogen-bond donors (Lipinski definition) is 3. The first kappa shape index (κ1) is 15.5. The van der Waals surface area contributed by atoms with Crippen molar-refractivity contribution in [3.05, 3.63) is 29.8 Å². The zero-order valence-electron chi connectivity index (χ0n) is 11.9. The standard InChI is InChI=1S/C15H24N2O2/c1-11(18)5-4-10-17-14(19)15(2,3)12-6-8-13(16)9-7-12/h6-9,11,18H,4-5,10,16H2,1-3H3,(H,17,19). The molecule has 0 saturated carbocycles. The largest absolute Gasteiger partial charge is 0.399 e. The van der Waals surface area contributed by atoms with Gasteiger partial charge < -0.3 is 16.2 Å². The van der Waals surface area contributed by atoms with Crippen molar-refractivity contribution in [2.75, 3.05) is 12.3 Å². The van der Waals surface area contributed by atoms with E-state index in [9.17, 15) is 4.79 Å². The van der Waals surface area contributed by atoms with E-state index in [4.69, 9.17) is 10.8 Å². The molecule has 4 N–H and O–H groups in total. The van der Waals surface area contributed by atoms with Gasteiger partial charge in [0.25, 0.3) is 0 Å². The van der Waals surface area contributed by atoms with Gasteiger partial charge in [-0.1, -0.05) is 12.1 Å². The second kappa shape index (κ2) is 6.57. The minimum absolute atomic E-state index is 0.0112. The monoisotopic (exact) mass is 264 g/mol. The second-order valence-corrected chi connectivity index (χ2v) is 5.49. The number of nitrogens with one attached hydrogen (secondary N) is 1. The maximum atomic E-state index is 12.2. The Morgan fingerprint density at radius 2 is 1.95 bits per heavy atom. The molecule has 1 atom stereocenters. The van der Waals surface area contributed by atoms with Gasteiger partial charge in [0.1, 0.15) is 0 Å². The summed E-state index contributed by atoms with van der Waals surface area (Å²) in [6.45, 7) is 6.12. The normalized spacial score (nSPS) is 13.1. The molecule has 4 nitrogen and oxygen atoms in total. The molecule has 0 aliphatic heterocycles. The summed E-state index contributed by atoms with van der Waals surface area (Å²) in [5.41, 5.74) is 6.69. The Bertz CT molecular complexity index is 411. The smallest absolute Gasteiger partial charge is 0.230 e. The van der Waals surface area contributed by atoms with Crippen LogP contribution < -0.4 is 11.1 Å². The number of nitrogen functional groups attached to an aromatic ring is 1. The summed E-state index contributed by atoms with van der Waals surface area (Å²) >= 11 is 0. The van der Waals surface area contributed by atoms with Crippen molar-refractivity contribution in [1.82, 2.24) is 5.32 Å². The maximum Gasteiger partial charge on any atom is 0.230 e. The molecule has 0 aliphatic rings. The molecule has 0 bridgehead atoms. The fourth-order valence-corrected chi connectivity index (χ4v) is 1.85. The first-order chi connectivity index (χ1) is 8.84. The number of carbonyl (C=O) groups is 1. The topological polar surface area (TPSA) is 75.3 Å². The molecule has 0 radical (unpaired) electrons. The van der Waals surface area contributed by atoms with Gasteiger partial charge >= 0.3 is 0 Å². The predicted molar refractivity (Wildman–Crippen MR) is 77.8 cm³/mol. The zero-order chi connectivity index (χ0) is 14.5. The van der Waals surface area contributed by atoms with Crippen molar-refractivity contribution >= 4 is 11.6 Å². The Kier molecular flexibility index (Phi) is 5.36. The van der Waals surface area contributed by atoms with Gasteiger partial charge in [-0.3, -0.25) is 4.79 Å². The Hall–Kier alpha value is -1.55. The lowest BCUT2D eigenvalue weighted by Crippen LogP contribution is -2.40. The summed E-state index contributed by atoms with van der Waals surface area (Å²) in [5.74, 6) is -0.0112. The summed E-state index contributed by atoms with van der Waals surface area (Å²) in [5, 5.41) is 12.1. The number of aliphatic hydroxyl groups is 1. The first-order valence-corrected chi connectivity index (χ1v) is 6.66. The van der Waals surface area contributed by atoms with Crippen LogP contribution in [0.1, 0.15) is 39.2 Å². The molecule has 4 heteroatoms. The lowest BCUT2D eigenvalue weighted by molar-refractivity contribution is -0.125. The van der Waals surface area contributed by atoms with E-state index in [1.165, 1.54) is 0 Å². The Morgan fingerprint density at radius 1 is 1.37 bits per heavy atom. The van der Waals surface area contributed by atoms with E-state index in [2.05, 4.69) is 5.32 Å². The highest BCUT2D eigenvalue weighted by atomic mass is 16.3. The highest BCUT2D eigenvalue weighted by molar-refractivity contribution is 5.87. The van der Waals surface area contributed by atoms with Crippen LogP contribution in [-0.4, -0.2) is 23.7 Å². The Morgan fingerprint density at radius 3 is 2.47 bits per heavy atom. The quantitative estimate of drug-likeness (QED) is 0.542. The molecule has 19 heavy (non-hydrogen) atoms. The van der Waals surface area contributed by atoms with E-state index in [1.54, 1.807) is 19.1 Å². The van der Waals surface area contributed by atoms with Crippen molar-refractivity contribution in [3.8, 4) is 0 Å². The fourth-order valence-electron chi connectivity index (χ4n) is 1.85. The molecule has 0 heterocycles. The molecular formula is C15H24N2O2. The van der Waals surface area contributed by atoms with Crippen LogP contribution in [0.4, 0.5) is 5.69 Å². The van der Waals surface area contributed by atoms with E-state index < -0.39 is 5.41 Å². The number of amides is 1. The maximum absolute atomic E-state index is 12.2. The molecule has 0 aliphatic carbocycles. The summed E-state index contributed by atoms with van der Waals surface area (Å²) in [7, 11) is 0. The third-order valence-electron chi connectivity index (χ3n) is 3.28. The van der Waals surface area contributed by atoms with Crippen LogP contribution in [0.5, 0.6) is 0 Å². The van der Waals surface area contributed by atoms with Crippen LogP contribution in [0.15, 0.2) is 24.3 Å². The average Bonchev–Trinajstić information content (AvgIpc) is 2.34. The number of rotatable bonds is 6. The van der Waals surface area contributed by atoms with Crippen LogP contribution in [0, 0.1) is 0 Å². The predicted octanol–water partition coefficient (Wildman–Crippen LogP) is 1.82. The van der Waals surface area contributed by atoms with Crippen LogP contribution in [0.3, 0.4) is 0 Å². The molecule has 1 aromatic rings. The molecule has 0 aromatic heterocycles. The highest BCUT2D eigenvalue weighted by Gasteiger charge is 2.29. The SMILES string of the molecule is CC(O)CCCNC(=O)C(C)(C)c1ccc(N)cc1. The van der Waals surface area contributed by atoms with Gasteiger partial charge in [0.05, 0.1) is 11.5 Å². The lowest BCUT2D eigenvalue weighted by atomic mass is 9.83. The fraction of sp³-hybridized carbons (Fsp3) is 0.533. The molecular weight excluding hydrogens is 240 g/mol. The van der Waals surface area contributed by atoms with Crippen LogP contribution >= 0.6 is 0 Å². The molecule has 0 fully saturated rings. The van der Waals surface area contributed by atoms with Gasteiger partial charge in [-0.15, -0.1) is 0 Å². The molecule has 1 rings (SSSR count). The number of hydrogen-bond acceptors (Lipinski definition) is 3. The molecule has 0 spiro atoms. The second-order valence-electron chi connectivity index (χ2n) is 5.49. The summed E-state index contributed by atoms with van der Waals surface area (Å²) in [6.07, 6.45) is 1.16. The average molecular weight is 264 g/mol. The summed E-state index contributed by atoms with van der Waals surface area (Å²) < 4.78 is 0. The lowest BCUT2D eigenvalue weighted by Gasteiger charge is -2.24. The zero-order valence-corrected chi connectivity index (χ0v) is 11.9. The number of nitrogens with two attached hydrogens (primary N) is 1. The molecule has 106 valence electrons. The van der Waals surface area contributed by atoms with Gasteiger partial charge in [0, 0.05) is 12.2 Å². The van der Waals surface area contributed by atoms with Crippen LogP contribution in [0.25, 0.3) is 0 Å². The van der Waals surface area contributed by atoms with E-state index >= 15 is 0 Å². The minimum atomic E-state index is -0.585. The van der Waals surface area contributed by atoms with Crippen molar-refractivity contribution < 1.29 is 9.90 Å². The first-order valence-electron chi connectivity index (χ1n) is 6.66. The van der Waals surface area contributed by atoms with Crippen molar-refractivity contribution in [2.24, 2.45) is 0 Å². The van der Waals surface area contributed by atoms with Gasteiger partial charge in [-0.25, -0.2) is 0 Å². The Labute approximate surface area is 115 Å². The number of benzene rings is 1. The van der Waals surface area contributed by atoms with E-state index in [0.29, 0.717) is 18.7 Å². The highest BCUT2D eigenvalue weighted by Crippen LogP contribution is 2.24. The van der Waals surface area contributed by atoms with Gasteiger partial charge in [0.2, 0.25) is 5.91 Å². The van der Waals surface area contributed by atoms with E-state index in [1.807, 2.05) is 26.0 Å². The van der Waals surface area contributed by atoms with Crippen LogP contribution in [-0.2, 0) is 10.2 Å². The molecule has 1 aromatic carbocycles. The number of aliphatic hydroxyl groups excluding tert-OH is 1. The summed E-state index contributed by atoms with van der Waals surface area (Å²) in [6, 6.07) is 7.37. The van der Waals surface area contributed by atoms with Gasteiger partial charge in [0.15, 0.2) is 0 Å². The molecule has 0 saturated heterocycles. The molecule has 1 amide bonds. The van der Waals surface area contributed by atoms with Crippen molar-refractivity contribution in [3.63, 3.8) is 0 Å².